The van der Waals surface area contributed by atoms with Gasteiger partial charge in [0.15, 0.2) is 0 Å². The zero-order valence-corrected chi connectivity index (χ0v) is 10.2. The van der Waals surface area contributed by atoms with Crippen molar-refractivity contribution in [2.75, 3.05) is 26.2 Å². The third-order valence-electron chi connectivity index (χ3n) is 2.90. The van der Waals surface area contributed by atoms with Gasteiger partial charge in [-0.25, -0.2) is 0 Å². The standard InChI is InChI=1S/C12H18ClN3/c13-11-3-4-12(15-9-11)10-14-5-8-16-6-1-2-7-16/h3-4,9,14H,1-2,5-8,10H2. The maximum atomic E-state index is 5.77. The summed E-state index contributed by atoms with van der Waals surface area (Å²) in [6.45, 7) is 5.53. The summed E-state index contributed by atoms with van der Waals surface area (Å²) in [5, 5.41) is 4.10. The van der Waals surface area contributed by atoms with Crippen LogP contribution in [0.25, 0.3) is 0 Å². The molecular weight excluding hydrogens is 222 g/mol. The van der Waals surface area contributed by atoms with Gasteiger partial charge in [-0.1, -0.05) is 11.6 Å². The van der Waals surface area contributed by atoms with Gasteiger partial charge < -0.3 is 10.2 Å². The fourth-order valence-corrected chi connectivity index (χ4v) is 2.08. The van der Waals surface area contributed by atoms with E-state index in [4.69, 9.17) is 11.6 Å². The lowest BCUT2D eigenvalue weighted by Crippen LogP contribution is -2.29. The summed E-state index contributed by atoms with van der Waals surface area (Å²) in [4.78, 5) is 6.74. The summed E-state index contributed by atoms with van der Waals surface area (Å²) in [5.41, 5.74) is 1.05. The molecule has 1 fully saturated rings. The first-order valence-corrected chi connectivity index (χ1v) is 6.26. The first-order chi connectivity index (χ1) is 7.84. The van der Waals surface area contributed by atoms with E-state index in [0.29, 0.717) is 5.02 Å². The minimum absolute atomic E-state index is 0.695. The molecule has 2 rings (SSSR count). The molecule has 0 amide bonds. The van der Waals surface area contributed by atoms with Crippen LogP contribution >= 0.6 is 11.6 Å². The van der Waals surface area contributed by atoms with Crippen molar-refractivity contribution in [3.63, 3.8) is 0 Å². The zero-order chi connectivity index (χ0) is 11.2. The van der Waals surface area contributed by atoms with Crippen molar-refractivity contribution in [3.8, 4) is 0 Å². The minimum atomic E-state index is 0.695. The topological polar surface area (TPSA) is 28.2 Å². The van der Waals surface area contributed by atoms with Crippen molar-refractivity contribution >= 4 is 11.6 Å². The molecule has 1 aromatic heterocycles. The van der Waals surface area contributed by atoms with E-state index in [2.05, 4.69) is 15.2 Å². The maximum absolute atomic E-state index is 5.77. The Morgan fingerprint density at radius 1 is 1.31 bits per heavy atom. The lowest BCUT2D eigenvalue weighted by molar-refractivity contribution is 0.335. The molecule has 1 aromatic rings. The van der Waals surface area contributed by atoms with Crippen LogP contribution in [0.15, 0.2) is 18.3 Å². The summed E-state index contributed by atoms with van der Waals surface area (Å²) < 4.78 is 0. The third kappa shape index (κ3) is 3.74. The van der Waals surface area contributed by atoms with E-state index in [1.54, 1.807) is 6.20 Å². The molecule has 0 aliphatic carbocycles. The lowest BCUT2D eigenvalue weighted by Gasteiger charge is -2.14. The fourth-order valence-electron chi connectivity index (χ4n) is 1.97. The van der Waals surface area contributed by atoms with Gasteiger partial charge in [0, 0.05) is 25.8 Å². The van der Waals surface area contributed by atoms with Gasteiger partial charge in [0.25, 0.3) is 0 Å². The SMILES string of the molecule is Clc1ccc(CNCCN2CCCC2)nc1. The van der Waals surface area contributed by atoms with Gasteiger partial charge in [-0.15, -0.1) is 0 Å². The Hall–Kier alpha value is -0.640. The molecule has 1 saturated heterocycles. The third-order valence-corrected chi connectivity index (χ3v) is 3.12. The van der Waals surface area contributed by atoms with E-state index in [1.165, 1.54) is 25.9 Å². The number of aromatic nitrogens is 1. The van der Waals surface area contributed by atoms with Crippen molar-refractivity contribution in [3.05, 3.63) is 29.0 Å². The Morgan fingerprint density at radius 2 is 2.12 bits per heavy atom. The van der Waals surface area contributed by atoms with Crippen molar-refractivity contribution in [1.29, 1.82) is 0 Å². The normalized spacial score (nSPS) is 16.8. The predicted octanol–water partition coefficient (Wildman–Crippen LogP) is 1.92. The van der Waals surface area contributed by atoms with E-state index in [1.807, 2.05) is 12.1 Å². The number of rotatable bonds is 5. The summed E-state index contributed by atoms with van der Waals surface area (Å²) in [7, 11) is 0. The largest absolute Gasteiger partial charge is 0.310 e. The number of hydrogen-bond acceptors (Lipinski definition) is 3. The Labute approximate surface area is 102 Å². The minimum Gasteiger partial charge on any atom is -0.310 e. The highest BCUT2D eigenvalue weighted by Gasteiger charge is 2.09. The van der Waals surface area contributed by atoms with Crippen molar-refractivity contribution in [2.45, 2.75) is 19.4 Å². The van der Waals surface area contributed by atoms with Crippen LogP contribution in [-0.2, 0) is 6.54 Å². The summed E-state index contributed by atoms with van der Waals surface area (Å²) in [6, 6.07) is 3.84. The van der Waals surface area contributed by atoms with Crippen molar-refractivity contribution in [1.82, 2.24) is 15.2 Å². The average molecular weight is 240 g/mol. The van der Waals surface area contributed by atoms with Crippen LogP contribution in [-0.4, -0.2) is 36.1 Å². The number of hydrogen-bond donors (Lipinski definition) is 1. The van der Waals surface area contributed by atoms with Gasteiger partial charge >= 0.3 is 0 Å². The molecule has 16 heavy (non-hydrogen) atoms. The van der Waals surface area contributed by atoms with E-state index < -0.39 is 0 Å². The predicted molar refractivity (Wildman–Crippen MR) is 66.6 cm³/mol. The highest BCUT2D eigenvalue weighted by atomic mass is 35.5. The van der Waals surface area contributed by atoms with Crippen LogP contribution in [0.3, 0.4) is 0 Å². The van der Waals surface area contributed by atoms with Gasteiger partial charge in [0.05, 0.1) is 10.7 Å². The average Bonchev–Trinajstić information content (AvgIpc) is 2.80. The monoisotopic (exact) mass is 239 g/mol. The highest BCUT2D eigenvalue weighted by molar-refractivity contribution is 6.30. The number of nitrogens with one attached hydrogen (secondary N) is 1. The van der Waals surface area contributed by atoms with Gasteiger partial charge in [-0.05, 0) is 38.1 Å². The molecule has 0 aromatic carbocycles. The van der Waals surface area contributed by atoms with Crippen molar-refractivity contribution < 1.29 is 0 Å². The number of pyridine rings is 1. The number of likely N-dealkylation sites (tertiary alicyclic amines) is 1. The number of nitrogens with zero attached hydrogens (tertiary/aromatic N) is 2. The summed E-state index contributed by atoms with van der Waals surface area (Å²) in [6.07, 6.45) is 4.41. The molecule has 0 unspecified atom stereocenters. The molecule has 1 aliphatic rings. The Kier molecular flexibility index (Phi) is 4.57. The molecule has 0 saturated carbocycles. The molecule has 3 nitrogen and oxygen atoms in total. The highest BCUT2D eigenvalue weighted by Crippen LogP contribution is 2.06. The molecule has 0 atom stereocenters. The molecule has 0 bridgehead atoms. The molecule has 1 N–H and O–H groups in total. The fraction of sp³-hybridized carbons (Fsp3) is 0.583. The molecule has 2 heterocycles. The molecule has 0 radical (unpaired) electrons. The van der Waals surface area contributed by atoms with E-state index in [-0.39, 0.29) is 0 Å². The summed E-state index contributed by atoms with van der Waals surface area (Å²) >= 11 is 5.77. The lowest BCUT2D eigenvalue weighted by atomic mass is 10.3. The quantitative estimate of drug-likeness (QED) is 0.796. The zero-order valence-electron chi connectivity index (χ0n) is 9.45. The Balaban J connectivity index is 1.62. The Morgan fingerprint density at radius 3 is 2.81 bits per heavy atom. The first kappa shape index (κ1) is 11.8. The second-order valence-electron chi connectivity index (χ2n) is 4.19. The van der Waals surface area contributed by atoms with Gasteiger partial charge in [-0.3, -0.25) is 4.98 Å². The Bertz CT molecular complexity index is 307. The first-order valence-electron chi connectivity index (χ1n) is 5.88. The van der Waals surface area contributed by atoms with Gasteiger partial charge in [0.2, 0.25) is 0 Å². The van der Waals surface area contributed by atoms with Gasteiger partial charge in [0.1, 0.15) is 0 Å². The van der Waals surface area contributed by atoms with Gasteiger partial charge in [-0.2, -0.15) is 0 Å². The molecule has 0 spiro atoms. The van der Waals surface area contributed by atoms with Crippen molar-refractivity contribution in [2.24, 2.45) is 0 Å². The van der Waals surface area contributed by atoms with Crippen LogP contribution in [0.2, 0.25) is 5.02 Å². The smallest absolute Gasteiger partial charge is 0.0589 e. The molecule has 88 valence electrons. The molecule has 1 aliphatic heterocycles. The maximum Gasteiger partial charge on any atom is 0.0589 e. The second-order valence-corrected chi connectivity index (χ2v) is 4.63. The second kappa shape index (κ2) is 6.18. The van der Waals surface area contributed by atoms with E-state index in [9.17, 15) is 0 Å². The molecular formula is C12H18ClN3. The van der Waals surface area contributed by atoms with Crippen LogP contribution < -0.4 is 5.32 Å². The van der Waals surface area contributed by atoms with Crippen LogP contribution in [0, 0.1) is 0 Å². The van der Waals surface area contributed by atoms with Crippen LogP contribution in [0.4, 0.5) is 0 Å². The summed E-state index contributed by atoms with van der Waals surface area (Å²) in [5.74, 6) is 0. The van der Waals surface area contributed by atoms with Crippen LogP contribution in [0.5, 0.6) is 0 Å². The number of halogens is 1. The van der Waals surface area contributed by atoms with E-state index in [0.717, 1.165) is 25.3 Å². The van der Waals surface area contributed by atoms with Crippen LogP contribution in [0.1, 0.15) is 18.5 Å². The van der Waals surface area contributed by atoms with E-state index >= 15 is 0 Å². The molecule has 4 heteroatoms.